The first-order valence-corrected chi connectivity index (χ1v) is 6.91. The Morgan fingerprint density at radius 1 is 1.53 bits per heavy atom. The molecule has 0 aliphatic heterocycles. The Morgan fingerprint density at radius 2 is 2.24 bits per heavy atom. The Kier molecular flexibility index (Phi) is 4.66. The summed E-state index contributed by atoms with van der Waals surface area (Å²) < 4.78 is 25.4. The van der Waals surface area contributed by atoms with Gasteiger partial charge >= 0.3 is 0 Å². The van der Waals surface area contributed by atoms with E-state index in [-0.39, 0.29) is 11.6 Å². The van der Waals surface area contributed by atoms with E-state index >= 15 is 0 Å². The molecule has 7 heteroatoms. The minimum absolute atomic E-state index is 0.0538. The molecule has 94 valence electrons. The van der Waals surface area contributed by atoms with Crippen LogP contribution in [0.25, 0.3) is 0 Å². The maximum absolute atomic E-state index is 12.1. The molecule has 0 fully saturated rings. The van der Waals surface area contributed by atoms with Crippen LogP contribution in [-0.4, -0.2) is 35.8 Å². The van der Waals surface area contributed by atoms with E-state index in [1.54, 1.807) is 0 Å². The number of aromatic nitrogens is 2. The van der Waals surface area contributed by atoms with E-state index in [1.165, 1.54) is 6.20 Å². The maximum Gasteiger partial charge on any atom is 0.261 e. The minimum atomic E-state index is -3.62. The van der Waals surface area contributed by atoms with Gasteiger partial charge in [0.25, 0.3) is 10.0 Å². The fourth-order valence-electron chi connectivity index (χ4n) is 1.41. The first kappa shape index (κ1) is 13.7. The van der Waals surface area contributed by atoms with Crippen LogP contribution in [0.4, 0.5) is 0 Å². The third-order valence-electron chi connectivity index (χ3n) is 2.28. The summed E-state index contributed by atoms with van der Waals surface area (Å²) in [5, 5.41) is 8.70. The molecule has 0 atom stereocenters. The van der Waals surface area contributed by atoms with Gasteiger partial charge in [-0.05, 0) is 6.42 Å². The molecule has 0 saturated heterocycles. The first-order chi connectivity index (χ1) is 8.06. The third kappa shape index (κ3) is 3.05. The van der Waals surface area contributed by atoms with Crippen molar-refractivity contribution in [3.8, 4) is 6.07 Å². The molecule has 6 nitrogen and oxygen atoms in total. The van der Waals surface area contributed by atoms with Gasteiger partial charge < -0.3 is 4.98 Å². The van der Waals surface area contributed by atoms with Gasteiger partial charge in [0.1, 0.15) is 12.4 Å². The average molecular weight is 256 g/mol. The molecule has 1 aromatic heterocycles. The summed E-state index contributed by atoms with van der Waals surface area (Å²) >= 11 is 0. The van der Waals surface area contributed by atoms with Gasteiger partial charge in [0.05, 0.1) is 12.3 Å². The summed E-state index contributed by atoms with van der Waals surface area (Å²) in [6.07, 6.45) is 2.60. The van der Waals surface area contributed by atoms with Crippen molar-refractivity contribution in [2.24, 2.45) is 0 Å². The highest BCUT2D eigenvalue weighted by molar-refractivity contribution is 7.89. The van der Waals surface area contributed by atoms with E-state index in [1.807, 2.05) is 19.9 Å². The van der Waals surface area contributed by atoms with Gasteiger partial charge in [-0.25, -0.2) is 13.4 Å². The first-order valence-electron chi connectivity index (χ1n) is 5.47. The summed E-state index contributed by atoms with van der Waals surface area (Å²) in [6.45, 7) is 3.94. The molecule has 0 aliphatic carbocycles. The number of nitriles is 1. The predicted octanol–water partition coefficient (Wildman–Crippen LogP) is 0.896. The van der Waals surface area contributed by atoms with Crippen LogP contribution in [-0.2, 0) is 16.4 Å². The Bertz CT molecular complexity index is 501. The molecule has 0 bridgehead atoms. The quantitative estimate of drug-likeness (QED) is 0.765. The highest BCUT2D eigenvalue weighted by Gasteiger charge is 2.25. The monoisotopic (exact) mass is 256 g/mol. The molecule has 1 aromatic rings. The van der Waals surface area contributed by atoms with Crippen LogP contribution >= 0.6 is 0 Å². The van der Waals surface area contributed by atoms with Crippen LogP contribution in [0.15, 0.2) is 11.2 Å². The van der Waals surface area contributed by atoms with E-state index in [0.29, 0.717) is 25.2 Å². The molecule has 0 amide bonds. The molecule has 0 aliphatic rings. The normalized spacial score (nSPS) is 11.6. The van der Waals surface area contributed by atoms with Crippen LogP contribution in [0.2, 0.25) is 0 Å². The fourth-order valence-corrected chi connectivity index (χ4v) is 2.77. The third-order valence-corrected chi connectivity index (χ3v) is 4.03. The lowest BCUT2D eigenvalue weighted by Crippen LogP contribution is -2.32. The second kappa shape index (κ2) is 5.80. The van der Waals surface area contributed by atoms with Crippen molar-refractivity contribution in [3.63, 3.8) is 0 Å². The maximum atomic E-state index is 12.1. The number of imidazole rings is 1. The Hall–Kier alpha value is -1.39. The Balaban J connectivity index is 3.03. The number of nitrogens with one attached hydrogen (secondary N) is 1. The molecule has 0 radical (unpaired) electrons. The highest BCUT2D eigenvalue weighted by atomic mass is 32.2. The van der Waals surface area contributed by atoms with Gasteiger partial charge in [0, 0.05) is 13.0 Å². The lowest BCUT2D eigenvalue weighted by atomic mass is 10.5. The summed E-state index contributed by atoms with van der Waals surface area (Å²) in [4.78, 5) is 6.71. The zero-order chi connectivity index (χ0) is 12.9. The van der Waals surface area contributed by atoms with Crippen molar-refractivity contribution in [1.29, 1.82) is 5.26 Å². The van der Waals surface area contributed by atoms with Gasteiger partial charge in [-0.15, -0.1) is 0 Å². The lowest BCUT2D eigenvalue weighted by molar-refractivity contribution is 0.442. The van der Waals surface area contributed by atoms with Gasteiger partial charge in [-0.2, -0.15) is 9.57 Å². The molecular formula is C10H16N4O2S. The summed E-state index contributed by atoms with van der Waals surface area (Å²) in [5.74, 6) is 0.622. The number of aromatic amines is 1. The van der Waals surface area contributed by atoms with E-state index in [4.69, 9.17) is 5.26 Å². The zero-order valence-corrected chi connectivity index (χ0v) is 10.8. The molecular weight excluding hydrogens is 240 g/mol. The number of H-pyrrole nitrogens is 1. The SMILES string of the molecule is CCCN(CC#N)S(=O)(=O)c1cnc(CC)[nH]1. The van der Waals surface area contributed by atoms with E-state index in [9.17, 15) is 8.42 Å². The molecule has 0 saturated carbocycles. The van der Waals surface area contributed by atoms with Gasteiger partial charge in [0.2, 0.25) is 0 Å². The number of sulfonamides is 1. The highest BCUT2D eigenvalue weighted by Crippen LogP contribution is 2.13. The van der Waals surface area contributed by atoms with Crippen molar-refractivity contribution in [3.05, 3.63) is 12.0 Å². The van der Waals surface area contributed by atoms with Crippen molar-refractivity contribution >= 4 is 10.0 Å². The number of hydrogen-bond donors (Lipinski definition) is 1. The van der Waals surface area contributed by atoms with Gasteiger partial charge in [-0.3, -0.25) is 0 Å². The summed E-state index contributed by atoms with van der Waals surface area (Å²) in [6, 6.07) is 1.86. The number of rotatable bonds is 6. The summed E-state index contributed by atoms with van der Waals surface area (Å²) in [7, 11) is -3.62. The van der Waals surface area contributed by atoms with Crippen molar-refractivity contribution < 1.29 is 8.42 Å². The predicted molar refractivity (Wildman–Crippen MR) is 62.6 cm³/mol. The van der Waals surface area contributed by atoms with Gasteiger partial charge in [-0.1, -0.05) is 13.8 Å². The fraction of sp³-hybridized carbons (Fsp3) is 0.600. The van der Waals surface area contributed by atoms with E-state index in [0.717, 1.165) is 4.31 Å². The van der Waals surface area contributed by atoms with Crippen LogP contribution in [0.3, 0.4) is 0 Å². The standard InChI is InChI=1S/C10H16N4O2S/c1-3-6-14(7-5-11)17(15,16)10-8-12-9(4-2)13-10/h8H,3-4,6-7H2,1-2H3,(H,12,13). The molecule has 0 aromatic carbocycles. The molecule has 1 rings (SSSR count). The second-order valence-corrected chi connectivity index (χ2v) is 5.45. The van der Waals surface area contributed by atoms with E-state index in [2.05, 4.69) is 9.97 Å². The molecule has 1 N–H and O–H groups in total. The molecule has 17 heavy (non-hydrogen) atoms. The average Bonchev–Trinajstić information content (AvgIpc) is 2.78. The van der Waals surface area contributed by atoms with Crippen LogP contribution in [0, 0.1) is 11.3 Å². The molecule has 0 spiro atoms. The van der Waals surface area contributed by atoms with E-state index < -0.39 is 10.0 Å². The number of nitrogens with zero attached hydrogens (tertiary/aromatic N) is 3. The molecule has 0 unspecified atom stereocenters. The van der Waals surface area contributed by atoms with Crippen molar-refractivity contribution in [2.45, 2.75) is 31.7 Å². The second-order valence-electron chi connectivity index (χ2n) is 3.54. The topological polar surface area (TPSA) is 89.8 Å². The van der Waals surface area contributed by atoms with Crippen LogP contribution in [0.5, 0.6) is 0 Å². The van der Waals surface area contributed by atoms with Crippen molar-refractivity contribution in [1.82, 2.24) is 14.3 Å². The molecule has 1 heterocycles. The smallest absolute Gasteiger partial charge is 0.261 e. The minimum Gasteiger partial charge on any atom is -0.332 e. The van der Waals surface area contributed by atoms with Gasteiger partial charge in [0.15, 0.2) is 5.03 Å². The van der Waals surface area contributed by atoms with Crippen LogP contribution in [0.1, 0.15) is 26.1 Å². The summed E-state index contributed by atoms with van der Waals surface area (Å²) in [5.41, 5.74) is 0. The van der Waals surface area contributed by atoms with Crippen LogP contribution < -0.4 is 0 Å². The zero-order valence-electron chi connectivity index (χ0n) is 9.97. The lowest BCUT2D eigenvalue weighted by Gasteiger charge is -2.16. The Labute approximate surface area is 101 Å². The largest absolute Gasteiger partial charge is 0.332 e. The number of hydrogen-bond acceptors (Lipinski definition) is 4. The number of aryl methyl sites for hydroxylation is 1. The Morgan fingerprint density at radius 3 is 2.71 bits per heavy atom. The van der Waals surface area contributed by atoms with Crippen molar-refractivity contribution in [2.75, 3.05) is 13.1 Å².